The van der Waals surface area contributed by atoms with E-state index in [1.165, 1.54) is 6.92 Å². The number of carbonyl (C=O) groups is 2. The summed E-state index contributed by atoms with van der Waals surface area (Å²) in [6, 6.07) is 0. The maximum atomic E-state index is 12.7. The van der Waals surface area contributed by atoms with E-state index in [0.717, 1.165) is 50.5 Å². The second kappa shape index (κ2) is 10.6. The molecule has 1 saturated heterocycles. The number of hydrogen-bond donors (Lipinski definition) is 2. The first-order valence-electron chi connectivity index (χ1n) is 15.7. The van der Waals surface area contributed by atoms with Gasteiger partial charge in [0, 0.05) is 44.3 Å². The fourth-order valence-corrected chi connectivity index (χ4v) is 10.4. The van der Waals surface area contributed by atoms with Crippen LogP contribution in [0.2, 0.25) is 0 Å². The average Bonchev–Trinajstić information content (AvgIpc) is 3.42. The van der Waals surface area contributed by atoms with Crippen molar-refractivity contribution in [1.29, 1.82) is 0 Å². The number of ether oxygens (including phenoxy) is 5. The Balaban J connectivity index is 1.19. The van der Waals surface area contributed by atoms with Crippen LogP contribution in [0.4, 0.5) is 0 Å². The van der Waals surface area contributed by atoms with E-state index in [0.29, 0.717) is 24.7 Å². The first-order chi connectivity index (χ1) is 19.4. The lowest BCUT2D eigenvalue weighted by molar-refractivity contribution is -0.273. The molecule has 4 saturated carbocycles. The number of carbonyl (C=O) groups excluding carboxylic acids is 2. The molecular weight excluding hydrogens is 528 g/mol. The molecule has 2 heterocycles. The molecule has 4 aliphatic carbocycles. The number of hydrogen-bond acceptors (Lipinski definition) is 9. The van der Waals surface area contributed by atoms with Gasteiger partial charge in [-0.05, 0) is 80.6 Å². The van der Waals surface area contributed by atoms with Crippen LogP contribution in [0.3, 0.4) is 0 Å². The van der Waals surface area contributed by atoms with Crippen molar-refractivity contribution in [3.8, 4) is 0 Å². The van der Waals surface area contributed by atoms with Crippen LogP contribution in [-0.2, 0) is 33.3 Å². The van der Waals surface area contributed by atoms with Crippen LogP contribution in [0.5, 0.6) is 0 Å². The smallest absolute Gasteiger partial charge is 0.331 e. The molecule has 0 spiro atoms. The molecule has 6 aliphatic rings. The van der Waals surface area contributed by atoms with E-state index >= 15 is 0 Å². The number of rotatable bonds is 5. The highest BCUT2D eigenvalue weighted by Crippen LogP contribution is 2.70. The van der Waals surface area contributed by atoms with E-state index < -0.39 is 23.2 Å². The average molecular weight is 577 g/mol. The van der Waals surface area contributed by atoms with Gasteiger partial charge >= 0.3 is 11.9 Å². The minimum atomic E-state index is -0.990. The Kier molecular flexibility index (Phi) is 7.62. The van der Waals surface area contributed by atoms with E-state index in [-0.39, 0.29) is 60.4 Å². The summed E-state index contributed by atoms with van der Waals surface area (Å²) < 4.78 is 29.1. The third-order valence-electron chi connectivity index (χ3n) is 12.5. The quantitative estimate of drug-likeness (QED) is 0.373. The van der Waals surface area contributed by atoms with Gasteiger partial charge in [0.1, 0.15) is 18.8 Å². The molecule has 9 nitrogen and oxygen atoms in total. The van der Waals surface area contributed by atoms with Crippen molar-refractivity contribution in [2.24, 2.45) is 34.5 Å². The number of aliphatic hydroxyl groups is 2. The molecule has 0 aromatic rings. The highest BCUT2D eigenvalue weighted by molar-refractivity contribution is 5.85. The largest absolute Gasteiger partial charge is 0.462 e. The second-order valence-corrected chi connectivity index (χ2v) is 14.3. The van der Waals surface area contributed by atoms with E-state index in [4.69, 9.17) is 23.7 Å². The van der Waals surface area contributed by atoms with Crippen molar-refractivity contribution in [1.82, 2.24) is 0 Å². The molecule has 2 aliphatic heterocycles. The van der Waals surface area contributed by atoms with Crippen LogP contribution in [0, 0.1) is 34.5 Å². The predicted octanol–water partition coefficient (Wildman–Crippen LogP) is 3.68. The molecule has 0 amide bonds. The topological polar surface area (TPSA) is 121 Å². The molecule has 9 heteroatoms. The van der Waals surface area contributed by atoms with Crippen molar-refractivity contribution in [2.45, 2.75) is 128 Å². The van der Waals surface area contributed by atoms with Gasteiger partial charge in [0.05, 0.1) is 23.9 Å². The van der Waals surface area contributed by atoms with E-state index in [1.807, 2.05) is 6.92 Å². The van der Waals surface area contributed by atoms with Gasteiger partial charge in [0.2, 0.25) is 0 Å². The van der Waals surface area contributed by atoms with Gasteiger partial charge in [0.25, 0.3) is 0 Å². The third kappa shape index (κ3) is 4.69. The zero-order valence-electron chi connectivity index (χ0n) is 25.2. The predicted molar refractivity (Wildman–Crippen MR) is 147 cm³/mol. The summed E-state index contributed by atoms with van der Waals surface area (Å²) in [7, 11) is 1.62. The van der Waals surface area contributed by atoms with Crippen LogP contribution in [0.25, 0.3) is 0 Å². The zero-order valence-corrected chi connectivity index (χ0v) is 25.2. The monoisotopic (exact) mass is 576 g/mol. The van der Waals surface area contributed by atoms with Gasteiger partial charge in [-0.25, -0.2) is 4.79 Å². The molecule has 0 aromatic carbocycles. The summed E-state index contributed by atoms with van der Waals surface area (Å²) in [6.07, 6.45) is 7.14. The maximum absolute atomic E-state index is 12.7. The SMILES string of the molecule is COC1CC(O[C@H]2CC[C@@]3(C)[C@H](CC[C@@H]4[C@@H]3CC[C@]3(C)[C@@H](C5=CC(=O)OC5)[C@@H](OC(C)=O)C[C@]43O)C2)OC(C)C1O. The van der Waals surface area contributed by atoms with E-state index in [9.17, 15) is 19.8 Å². The van der Waals surface area contributed by atoms with Crippen molar-refractivity contribution in [3.05, 3.63) is 11.6 Å². The minimum absolute atomic E-state index is 0.0898. The van der Waals surface area contributed by atoms with Crippen LogP contribution < -0.4 is 0 Å². The third-order valence-corrected chi connectivity index (χ3v) is 12.5. The van der Waals surface area contributed by atoms with Crippen LogP contribution in [0.15, 0.2) is 11.6 Å². The molecule has 0 radical (unpaired) electrons. The van der Waals surface area contributed by atoms with Gasteiger partial charge in [0.15, 0.2) is 6.29 Å². The van der Waals surface area contributed by atoms with E-state index in [2.05, 4.69) is 13.8 Å². The summed E-state index contributed by atoms with van der Waals surface area (Å²) in [5.74, 6) is 0.0175. The Morgan fingerprint density at radius 3 is 2.54 bits per heavy atom. The molecule has 6 rings (SSSR count). The number of cyclic esters (lactones) is 1. The standard InChI is InChI=1S/C32H48O9/c1-17-29(35)24(37-5)14-27(39-17)41-21-8-10-30(3)20(13-21)6-7-23-22(30)9-11-31(4)28(19-12-26(34)38-16-19)25(40-18(2)33)15-32(23,31)36/h12,17,20-25,27-29,35-36H,6-11,13-16H2,1-5H3/t17?,20-,21+,22+,23-,24?,25+,27?,28+,29?,30+,31-,32+/m1/s1. The lowest BCUT2D eigenvalue weighted by Crippen LogP contribution is -2.62. The molecular formula is C32H48O9. The Morgan fingerprint density at radius 1 is 1.07 bits per heavy atom. The molecule has 0 bridgehead atoms. The molecule has 230 valence electrons. The molecule has 41 heavy (non-hydrogen) atoms. The lowest BCUT2D eigenvalue weighted by Gasteiger charge is -2.63. The fourth-order valence-electron chi connectivity index (χ4n) is 10.4. The Bertz CT molecular complexity index is 1080. The highest BCUT2D eigenvalue weighted by atomic mass is 16.7. The molecule has 13 atom stereocenters. The Morgan fingerprint density at radius 2 is 1.85 bits per heavy atom. The molecule has 2 N–H and O–H groups in total. The second-order valence-electron chi connectivity index (χ2n) is 14.3. The molecule has 5 fully saturated rings. The summed E-state index contributed by atoms with van der Waals surface area (Å²) in [4.78, 5) is 24.2. The normalized spacial score (nSPS) is 51.2. The number of esters is 2. The fraction of sp³-hybridized carbons (Fsp3) is 0.875. The first-order valence-corrected chi connectivity index (χ1v) is 15.7. The number of fused-ring (bicyclic) bond motifs is 5. The minimum Gasteiger partial charge on any atom is -0.462 e. The maximum Gasteiger partial charge on any atom is 0.331 e. The van der Waals surface area contributed by atoms with Crippen molar-refractivity contribution in [3.63, 3.8) is 0 Å². The first kappa shape index (κ1) is 29.5. The van der Waals surface area contributed by atoms with Crippen LogP contribution >= 0.6 is 0 Å². The van der Waals surface area contributed by atoms with Gasteiger partial charge in [-0.2, -0.15) is 0 Å². The molecule has 0 aromatic heterocycles. The number of aliphatic hydroxyl groups excluding tert-OH is 1. The zero-order chi connectivity index (χ0) is 29.3. The van der Waals surface area contributed by atoms with Gasteiger partial charge in [-0.3, -0.25) is 4.79 Å². The summed E-state index contributed by atoms with van der Waals surface area (Å²) in [6.45, 7) is 8.06. The van der Waals surface area contributed by atoms with Crippen molar-refractivity contribution in [2.75, 3.05) is 13.7 Å². The van der Waals surface area contributed by atoms with Crippen molar-refractivity contribution < 1.29 is 43.5 Å². The molecule has 4 unspecified atom stereocenters. The van der Waals surface area contributed by atoms with Crippen molar-refractivity contribution >= 4 is 11.9 Å². The van der Waals surface area contributed by atoms with Gasteiger partial charge in [-0.1, -0.05) is 13.8 Å². The number of methoxy groups -OCH3 is 1. The summed E-state index contributed by atoms with van der Waals surface area (Å²) >= 11 is 0. The van der Waals surface area contributed by atoms with Crippen LogP contribution in [-0.4, -0.2) is 78.3 Å². The van der Waals surface area contributed by atoms with Gasteiger partial charge in [-0.15, -0.1) is 0 Å². The Labute approximate surface area is 243 Å². The summed E-state index contributed by atoms with van der Waals surface area (Å²) in [5.41, 5.74) is -0.559. The Hall–Kier alpha value is -1.52. The van der Waals surface area contributed by atoms with Crippen LogP contribution in [0.1, 0.15) is 85.5 Å². The summed E-state index contributed by atoms with van der Waals surface area (Å²) in [5, 5.41) is 23.0. The lowest BCUT2D eigenvalue weighted by atomic mass is 9.43. The van der Waals surface area contributed by atoms with E-state index in [1.54, 1.807) is 13.2 Å². The van der Waals surface area contributed by atoms with Gasteiger partial charge < -0.3 is 33.9 Å². The highest BCUT2D eigenvalue weighted by Gasteiger charge is 2.71.